The number of aliphatic carboxylic acids is 1. The molecule has 1 atom stereocenters. The SMILES string of the molecule is COc1ccc(C(CC(=O)O)CC(F)(F)F)cc1. The van der Waals surface area contributed by atoms with Crippen molar-refractivity contribution < 1.29 is 27.8 Å². The molecule has 0 aliphatic carbocycles. The molecule has 0 bridgehead atoms. The third-order valence-electron chi connectivity index (χ3n) is 2.49. The number of methoxy groups -OCH3 is 1. The average molecular weight is 262 g/mol. The Morgan fingerprint density at radius 1 is 1.33 bits per heavy atom. The lowest BCUT2D eigenvalue weighted by Gasteiger charge is -2.17. The van der Waals surface area contributed by atoms with Crippen LogP contribution in [0.15, 0.2) is 24.3 Å². The summed E-state index contributed by atoms with van der Waals surface area (Å²) >= 11 is 0. The molecule has 0 saturated carbocycles. The zero-order valence-corrected chi connectivity index (χ0v) is 9.70. The van der Waals surface area contributed by atoms with Gasteiger partial charge in [0.2, 0.25) is 0 Å². The van der Waals surface area contributed by atoms with Crippen LogP contribution in [0.3, 0.4) is 0 Å². The summed E-state index contributed by atoms with van der Waals surface area (Å²) in [4.78, 5) is 10.6. The van der Waals surface area contributed by atoms with E-state index in [1.165, 1.54) is 31.4 Å². The van der Waals surface area contributed by atoms with Crippen LogP contribution in [0.25, 0.3) is 0 Å². The highest BCUT2D eigenvalue weighted by atomic mass is 19.4. The Labute approximate surface area is 102 Å². The first kappa shape index (κ1) is 14.3. The van der Waals surface area contributed by atoms with Crippen LogP contribution in [0.1, 0.15) is 24.3 Å². The van der Waals surface area contributed by atoms with Crippen LogP contribution < -0.4 is 4.74 Å². The second-order valence-electron chi connectivity index (χ2n) is 3.89. The Morgan fingerprint density at radius 3 is 2.28 bits per heavy atom. The van der Waals surface area contributed by atoms with Crippen LogP contribution in [-0.2, 0) is 4.79 Å². The van der Waals surface area contributed by atoms with Crippen molar-refractivity contribution in [3.8, 4) is 5.75 Å². The van der Waals surface area contributed by atoms with Crippen LogP contribution in [0.4, 0.5) is 13.2 Å². The standard InChI is InChI=1S/C12H13F3O3/c1-18-10-4-2-8(3-5-10)9(6-11(16)17)7-12(13,14)15/h2-5,9H,6-7H2,1H3,(H,16,17). The smallest absolute Gasteiger partial charge is 0.389 e. The lowest BCUT2D eigenvalue weighted by Crippen LogP contribution is -2.16. The fourth-order valence-electron chi connectivity index (χ4n) is 1.67. The van der Waals surface area contributed by atoms with Crippen LogP contribution >= 0.6 is 0 Å². The van der Waals surface area contributed by atoms with Gasteiger partial charge in [-0.2, -0.15) is 13.2 Å². The summed E-state index contributed by atoms with van der Waals surface area (Å²) < 4.78 is 42.0. The van der Waals surface area contributed by atoms with Crippen molar-refractivity contribution in [1.82, 2.24) is 0 Å². The third kappa shape index (κ3) is 4.65. The van der Waals surface area contributed by atoms with Crippen molar-refractivity contribution in [3.63, 3.8) is 0 Å². The van der Waals surface area contributed by atoms with Gasteiger partial charge in [-0.05, 0) is 17.7 Å². The number of ether oxygens (including phenoxy) is 1. The van der Waals surface area contributed by atoms with Gasteiger partial charge in [-0.3, -0.25) is 4.79 Å². The van der Waals surface area contributed by atoms with E-state index >= 15 is 0 Å². The van der Waals surface area contributed by atoms with E-state index in [0.29, 0.717) is 11.3 Å². The number of carboxylic acid groups (broad SMARTS) is 1. The molecule has 1 aromatic rings. The van der Waals surface area contributed by atoms with E-state index in [0.717, 1.165) is 0 Å². The maximum atomic E-state index is 12.4. The lowest BCUT2D eigenvalue weighted by atomic mass is 9.92. The fourth-order valence-corrected chi connectivity index (χ4v) is 1.67. The summed E-state index contributed by atoms with van der Waals surface area (Å²) in [6.45, 7) is 0. The number of benzene rings is 1. The second-order valence-corrected chi connectivity index (χ2v) is 3.89. The topological polar surface area (TPSA) is 46.5 Å². The number of alkyl halides is 3. The molecular weight excluding hydrogens is 249 g/mol. The molecule has 0 radical (unpaired) electrons. The highest BCUT2D eigenvalue weighted by Crippen LogP contribution is 2.34. The molecule has 3 nitrogen and oxygen atoms in total. The number of hydrogen-bond donors (Lipinski definition) is 1. The summed E-state index contributed by atoms with van der Waals surface area (Å²) in [7, 11) is 1.44. The van der Waals surface area contributed by atoms with E-state index in [-0.39, 0.29) is 0 Å². The molecule has 6 heteroatoms. The highest BCUT2D eigenvalue weighted by Gasteiger charge is 2.33. The molecule has 0 amide bonds. The van der Waals surface area contributed by atoms with Crippen molar-refractivity contribution in [2.75, 3.05) is 7.11 Å². The highest BCUT2D eigenvalue weighted by molar-refractivity contribution is 5.68. The molecule has 0 heterocycles. The molecule has 0 fully saturated rings. The van der Waals surface area contributed by atoms with Gasteiger partial charge in [-0.1, -0.05) is 12.1 Å². The van der Waals surface area contributed by atoms with E-state index in [1.807, 2.05) is 0 Å². The lowest BCUT2D eigenvalue weighted by molar-refractivity contribution is -0.145. The number of halogens is 3. The Balaban J connectivity index is 2.90. The number of carboxylic acids is 1. The Bertz CT molecular complexity index is 398. The molecule has 0 saturated heterocycles. The average Bonchev–Trinajstić information content (AvgIpc) is 2.26. The van der Waals surface area contributed by atoms with E-state index < -0.39 is 30.9 Å². The van der Waals surface area contributed by atoms with Crippen molar-refractivity contribution in [2.24, 2.45) is 0 Å². The van der Waals surface area contributed by atoms with Gasteiger partial charge in [-0.15, -0.1) is 0 Å². The van der Waals surface area contributed by atoms with E-state index in [1.54, 1.807) is 0 Å². The molecule has 100 valence electrons. The Kier molecular flexibility index (Phi) is 4.58. The molecule has 1 unspecified atom stereocenters. The summed E-state index contributed by atoms with van der Waals surface area (Å²) in [6.07, 6.45) is -6.09. The van der Waals surface area contributed by atoms with Gasteiger partial charge >= 0.3 is 12.1 Å². The first-order chi connectivity index (χ1) is 8.31. The van der Waals surface area contributed by atoms with Gasteiger partial charge in [0.15, 0.2) is 0 Å². The Hall–Kier alpha value is -1.72. The van der Waals surface area contributed by atoms with Gasteiger partial charge in [0.25, 0.3) is 0 Å². The summed E-state index contributed by atoms with van der Waals surface area (Å²) in [5, 5.41) is 8.65. The number of hydrogen-bond acceptors (Lipinski definition) is 2. The maximum absolute atomic E-state index is 12.4. The van der Waals surface area contributed by atoms with Crippen molar-refractivity contribution in [1.29, 1.82) is 0 Å². The summed E-state index contributed by atoms with van der Waals surface area (Å²) in [6, 6.07) is 5.94. The predicted molar refractivity (Wildman–Crippen MR) is 58.7 cm³/mol. The van der Waals surface area contributed by atoms with Gasteiger partial charge in [0, 0.05) is 5.92 Å². The summed E-state index contributed by atoms with van der Waals surface area (Å²) in [5.74, 6) is -1.81. The first-order valence-electron chi connectivity index (χ1n) is 5.24. The summed E-state index contributed by atoms with van der Waals surface area (Å²) in [5.41, 5.74) is 0.343. The first-order valence-corrected chi connectivity index (χ1v) is 5.24. The van der Waals surface area contributed by atoms with Gasteiger partial charge in [-0.25, -0.2) is 0 Å². The van der Waals surface area contributed by atoms with Crippen molar-refractivity contribution in [2.45, 2.75) is 24.9 Å². The molecular formula is C12H13F3O3. The number of rotatable bonds is 5. The van der Waals surface area contributed by atoms with Crippen LogP contribution in [0.2, 0.25) is 0 Å². The molecule has 0 aliphatic rings. The van der Waals surface area contributed by atoms with E-state index in [2.05, 4.69) is 0 Å². The van der Waals surface area contributed by atoms with Crippen LogP contribution in [0, 0.1) is 0 Å². The molecule has 18 heavy (non-hydrogen) atoms. The van der Waals surface area contributed by atoms with E-state index in [4.69, 9.17) is 9.84 Å². The fraction of sp³-hybridized carbons (Fsp3) is 0.417. The normalized spacial score (nSPS) is 13.1. The minimum absolute atomic E-state index is 0.343. The monoisotopic (exact) mass is 262 g/mol. The molecule has 1 N–H and O–H groups in total. The van der Waals surface area contributed by atoms with Gasteiger partial charge < -0.3 is 9.84 Å². The minimum atomic E-state index is -4.39. The van der Waals surface area contributed by atoms with Crippen LogP contribution in [0.5, 0.6) is 5.75 Å². The van der Waals surface area contributed by atoms with Crippen molar-refractivity contribution >= 4 is 5.97 Å². The largest absolute Gasteiger partial charge is 0.497 e. The van der Waals surface area contributed by atoms with Gasteiger partial charge in [0.1, 0.15) is 5.75 Å². The molecule has 1 aromatic carbocycles. The maximum Gasteiger partial charge on any atom is 0.389 e. The van der Waals surface area contributed by atoms with Crippen LogP contribution in [-0.4, -0.2) is 24.4 Å². The quantitative estimate of drug-likeness (QED) is 0.886. The molecule has 0 aliphatic heterocycles. The third-order valence-corrected chi connectivity index (χ3v) is 2.49. The molecule has 1 rings (SSSR count). The van der Waals surface area contributed by atoms with E-state index in [9.17, 15) is 18.0 Å². The predicted octanol–water partition coefficient (Wildman–Crippen LogP) is 3.21. The Morgan fingerprint density at radius 2 is 1.89 bits per heavy atom. The van der Waals surface area contributed by atoms with Gasteiger partial charge in [0.05, 0.1) is 20.0 Å². The zero-order valence-electron chi connectivity index (χ0n) is 9.70. The number of carbonyl (C=O) groups is 1. The zero-order chi connectivity index (χ0) is 13.8. The minimum Gasteiger partial charge on any atom is -0.497 e. The molecule has 0 spiro atoms. The molecule has 0 aromatic heterocycles. The van der Waals surface area contributed by atoms with Crippen molar-refractivity contribution in [3.05, 3.63) is 29.8 Å². The second kappa shape index (κ2) is 5.75.